The highest BCUT2D eigenvalue weighted by Gasteiger charge is 2.29. The minimum Gasteiger partial charge on any atom is -0.423 e. The van der Waals surface area contributed by atoms with Gasteiger partial charge in [0.1, 0.15) is 5.75 Å². The second-order valence-corrected chi connectivity index (χ2v) is 7.39. The van der Waals surface area contributed by atoms with E-state index in [4.69, 9.17) is 16.3 Å². The van der Waals surface area contributed by atoms with Crippen LogP contribution < -0.4 is 10.1 Å². The van der Waals surface area contributed by atoms with E-state index in [9.17, 15) is 14.4 Å². The molecule has 0 aromatic heterocycles. The lowest BCUT2D eigenvalue weighted by atomic mass is 10.0. The molecule has 2 aromatic rings. The number of hydrogen-bond acceptors (Lipinski definition) is 4. The molecule has 0 spiro atoms. The van der Waals surface area contributed by atoms with Gasteiger partial charge in [-0.3, -0.25) is 9.69 Å². The zero-order valence-corrected chi connectivity index (χ0v) is 16.7. The maximum atomic E-state index is 12.8. The van der Waals surface area contributed by atoms with Gasteiger partial charge in [-0.15, -0.1) is 0 Å². The van der Waals surface area contributed by atoms with Crippen LogP contribution in [-0.4, -0.2) is 29.4 Å². The first kappa shape index (κ1) is 19.9. The van der Waals surface area contributed by atoms with Gasteiger partial charge in [-0.05, 0) is 47.7 Å². The molecule has 3 amide bonds. The zero-order valence-electron chi connectivity index (χ0n) is 15.9. The van der Waals surface area contributed by atoms with Crippen LogP contribution in [0.2, 0.25) is 5.02 Å². The van der Waals surface area contributed by atoms with E-state index in [1.165, 1.54) is 0 Å². The first-order valence-corrected chi connectivity index (χ1v) is 9.34. The summed E-state index contributed by atoms with van der Waals surface area (Å²) in [6, 6.07) is 9.85. The third-order valence-corrected chi connectivity index (χ3v) is 4.95. The van der Waals surface area contributed by atoms with E-state index in [2.05, 4.69) is 5.32 Å². The number of carbonyl (C=O) groups is 3. The number of carbonyl (C=O) groups excluding carboxylic acids is 3. The maximum absolute atomic E-state index is 12.8. The predicted molar refractivity (Wildman–Crippen MR) is 106 cm³/mol. The van der Waals surface area contributed by atoms with Crippen LogP contribution >= 0.6 is 11.6 Å². The molecule has 0 unspecified atom stereocenters. The number of nitrogens with one attached hydrogen (secondary N) is 1. The molecule has 6 nitrogen and oxygen atoms in total. The number of urea groups is 1. The predicted octanol–water partition coefficient (Wildman–Crippen LogP) is 4.04. The summed E-state index contributed by atoms with van der Waals surface area (Å²) in [6.45, 7) is 5.81. The molecule has 1 heterocycles. The van der Waals surface area contributed by atoms with E-state index >= 15 is 0 Å². The van der Waals surface area contributed by atoms with Gasteiger partial charge in [-0.25, -0.2) is 9.59 Å². The average molecular weight is 401 g/mol. The molecule has 1 aliphatic heterocycles. The monoisotopic (exact) mass is 400 g/mol. The Kier molecular flexibility index (Phi) is 5.70. The Balaban J connectivity index is 1.87. The zero-order chi connectivity index (χ0) is 20.4. The molecule has 3 rings (SSSR count). The molecule has 0 saturated carbocycles. The van der Waals surface area contributed by atoms with Crippen molar-refractivity contribution >= 4 is 29.5 Å². The number of aryl methyl sites for hydroxylation is 1. The van der Waals surface area contributed by atoms with Gasteiger partial charge in [-0.2, -0.15) is 0 Å². The van der Waals surface area contributed by atoms with Crippen molar-refractivity contribution in [1.29, 1.82) is 0 Å². The summed E-state index contributed by atoms with van der Waals surface area (Å²) in [6.07, 6.45) is 0. The molecule has 1 N–H and O–H groups in total. The largest absolute Gasteiger partial charge is 0.423 e. The molecule has 0 bridgehead atoms. The van der Waals surface area contributed by atoms with E-state index < -0.39 is 12.0 Å². The van der Waals surface area contributed by atoms with Gasteiger partial charge in [-0.1, -0.05) is 43.6 Å². The number of ether oxygens (including phenoxy) is 1. The van der Waals surface area contributed by atoms with Crippen molar-refractivity contribution in [2.24, 2.45) is 0 Å². The summed E-state index contributed by atoms with van der Waals surface area (Å²) in [7, 11) is 0. The Hall–Kier alpha value is -2.86. The SMILES string of the molecule is Cc1cc(Cl)c(C(C)C)cc1OC(=O)c1ccccc1CN1C(=O)CNC1=O. The van der Waals surface area contributed by atoms with Crippen molar-refractivity contribution < 1.29 is 19.1 Å². The van der Waals surface area contributed by atoms with Crippen LogP contribution in [-0.2, 0) is 11.3 Å². The summed E-state index contributed by atoms with van der Waals surface area (Å²) in [4.78, 5) is 37.6. The summed E-state index contributed by atoms with van der Waals surface area (Å²) in [5.41, 5.74) is 2.47. The molecular formula is C21H21ClN2O4. The second-order valence-electron chi connectivity index (χ2n) is 6.98. The van der Waals surface area contributed by atoms with Gasteiger partial charge in [0.05, 0.1) is 18.7 Å². The van der Waals surface area contributed by atoms with Crippen LogP contribution in [0.1, 0.15) is 46.8 Å². The molecule has 1 aliphatic rings. The Bertz CT molecular complexity index is 939. The lowest BCUT2D eigenvalue weighted by Crippen LogP contribution is -2.31. The highest BCUT2D eigenvalue weighted by molar-refractivity contribution is 6.31. The van der Waals surface area contributed by atoms with E-state index in [1.54, 1.807) is 36.4 Å². The molecule has 0 aliphatic carbocycles. The molecule has 0 atom stereocenters. The molecule has 1 saturated heterocycles. The van der Waals surface area contributed by atoms with Gasteiger partial charge in [0.25, 0.3) is 0 Å². The first-order chi connectivity index (χ1) is 13.3. The number of hydrogen-bond donors (Lipinski definition) is 1. The fourth-order valence-corrected chi connectivity index (χ4v) is 3.46. The normalized spacial score (nSPS) is 13.8. The first-order valence-electron chi connectivity index (χ1n) is 8.96. The number of imide groups is 1. The molecular weight excluding hydrogens is 380 g/mol. The third-order valence-electron chi connectivity index (χ3n) is 4.62. The highest BCUT2D eigenvalue weighted by atomic mass is 35.5. The van der Waals surface area contributed by atoms with Crippen LogP contribution in [0.4, 0.5) is 4.79 Å². The van der Waals surface area contributed by atoms with Gasteiger partial charge in [0, 0.05) is 5.02 Å². The van der Waals surface area contributed by atoms with E-state index in [1.807, 2.05) is 20.8 Å². The number of esters is 1. The van der Waals surface area contributed by atoms with E-state index in [0.29, 0.717) is 21.9 Å². The smallest absolute Gasteiger partial charge is 0.343 e. The Morgan fingerprint density at radius 2 is 1.96 bits per heavy atom. The summed E-state index contributed by atoms with van der Waals surface area (Å²) >= 11 is 6.28. The van der Waals surface area contributed by atoms with Crippen molar-refractivity contribution in [3.63, 3.8) is 0 Å². The molecule has 2 aromatic carbocycles. The van der Waals surface area contributed by atoms with E-state index in [-0.39, 0.29) is 24.9 Å². The molecule has 28 heavy (non-hydrogen) atoms. The number of amides is 3. The van der Waals surface area contributed by atoms with Gasteiger partial charge in [0.2, 0.25) is 5.91 Å². The number of nitrogens with zero attached hydrogens (tertiary/aromatic N) is 1. The second kappa shape index (κ2) is 8.02. The fraction of sp³-hybridized carbons (Fsp3) is 0.286. The van der Waals surface area contributed by atoms with Crippen molar-refractivity contribution in [3.05, 3.63) is 63.7 Å². The van der Waals surface area contributed by atoms with Crippen LogP contribution in [0.15, 0.2) is 36.4 Å². The molecule has 7 heteroatoms. The van der Waals surface area contributed by atoms with Gasteiger partial charge < -0.3 is 10.1 Å². The van der Waals surface area contributed by atoms with Crippen molar-refractivity contribution in [2.45, 2.75) is 33.2 Å². The number of rotatable bonds is 5. The van der Waals surface area contributed by atoms with Crippen molar-refractivity contribution in [3.8, 4) is 5.75 Å². The van der Waals surface area contributed by atoms with Crippen LogP contribution in [0.25, 0.3) is 0 Å². The molecule has 0 radical (unpaired) electrons. The van der Waals surface area contributed by atoms with Crippen molar-refractivity contribution in [2.75, 3.05) is 6.54 Å². The summed E-state index contributed by atoms with van der Waals surface area (Å²) < 4.78 is 5.63. The minimum absolute atomic E-state index is 0.00673. The number of halogens is 1. The Morgan fingerprint density at radius 3 is 2.61 bits per heavy atom. The van der Waals surface area contributed by atoms with Gasteiger partial charge >= 0.3 is 12.0 Å². The lowest BCUT2D eigenvalue weighted by Gasteiger charge is -2.16. The topological polar surface area (TPSA) is 75.7 Å². The molecule has 1 fully saturated rings. The number of benzene rings is 2. The Labute approximate surface area is 168 Å². The standard InChI is InChI=1S/C21H21ClN2O4/c1-12(2)16-9-18(13(3)8-17(16)22)28-20(26)15-7-5-4-6-14(15)11-24-19(25)10-23-21(24)27/h4-9,12H,10-11H2,1-3H3,(H,23,27). The third kappa shape index (κ3) is 4.02. The fourth-order valence-electron chi connectivity index (χ4n) is 3.02. The van der Waals surface area contributed by atoms with Crippen molar-refractivity contribution in [1.82, 2.24) is 10.2 Å². The molecule has 146 valence electrons. The van der Waals surface area contributed by atoms with Crippen LogP contribution in [0.3, 0.4) is 0 Å². The summed E-state index contributed by atoms with van der Waals surface area (Å²) in [5.74, 6) is -0.272. The lowest BCUT2D eigenvalue weighted by molar-refractivity contribution is -0.125. The maximum Gasteiger partial charge on any atom is 0.343 e. The van der Waals surface area contributed by atoms with Gasteiger partial charge in [0.15, 0.2) is 0 Å². The minimum atomic E-state index is -0.553. The Morgan fingerprint density at radius 1 is 1.25 bits per heavy atom. The quantitative estimate of drug-likeness (QED) is 0.467. The van der Waals surface area contributed by atoms with Crippen LogP contribution in [0.5, 0.6) is 5.75 Å². The summed E-state index contributed by atoms with van der Waals surface area (Å²) in [5, 5.41) is 3.10. The van der Waals surface area contributed by atoms with E-state index in [0.717, 1.165) is 16.0 Å². The highest BCUT2D eigenvalue weighted by Crippen LogP contribution is 2.32. The average Bonchev–Trinajstić information content (AvgIpc) is 2.96. The van der Waals surface area contributed by atoms with Crippen LogP contribution in [0, 0.1) is 6.92 Å².